The number of ether oxygens (including phenoxy) is 2. The van der Waals surface area contributed by atoms with Gasteiger partial charge < -0.3 is 14.6 Å². The van der Waals surface area contributed by atoms with E-state index in [0.29, 0.717) is 6.61 Å². The molecule has 1 fully saturated rings. The van der Waals surface area contributed by atoms with Crippen LogP contribution in [0.15, 0.2) is 30.3 Å². The number of aliphatic hydroxyl groups excluding tert-OH is 1. The van der Waals surface area contributed by atoms with Gasteiger partial charge in [0.05, 0.1) is 6.61 Å². The van der Waals surface area contributed by atoms with E-state index in [1.165, 1.54) is 12.0 Å². The third kappa shape index (κ3) is 5.10. The van der Waals surface area contributed by atoms with Gasteiger partial charge in [-0.15, -0.1) is 0 Å². The van der Waals surface area contributed by atoms with Crippen LogP contribution in [0.4, 0.5) is 0 Å². The standard InChI is InChI=1S/C18H28O3/c1-18(12-6-7-13-19,16-9-3-2-4-10-16)15-21-17-11-5-8-14-20-17/h2-4,9-10,17,19H,5-8,11-15H2,1H3. The summed E-state index contributed by atoms with van der Waals surface area (Å²) in [7, 11) is 0. The zero-order valence-corrected chi connectivity index (χ0v) is 13.1. The summed E-state index contributed by atoms with van der Waals surface area (Å²) < 4.78 is 11.7. The Balaban J connectivity index is 1.97. The van der Waals surface area contributed by atoms with Crippen molar-refractivity contribution >= 4 is 0 Å². The lowest BCUT2D eigenvalue weighted by atomic mass is 9.79. The van der Waals surface area contributed by atoms with Crippen LogP contribution in [0.25, 0.3) is 0 Å². The fourth-order valence-corrected chi connectivity index (χ4v) is 2.89. The Labute approximate surface area is 128 Å². The minimum Gasteiger partial charge on any atom is -0.396 e. The summed E-state index contributed by atoms with van der Waals surface area (Å²) in [6.45, 7) is 4.00. The normalized spacial score (nSPS) is 21.9. The van der Waals surface area contributed by atoms with Crippen LogP contribution >= 0.6 is 0 Å². The highest BCUT2D eigenvalue weighted by molar-refractivity contribution is 5.24. The van der Waals surface area contributed by atoms with E-state index >= 15 is 0 Å². The Kier molecular flexibility index (Phi) is 6.68. The Morgan fingerprint density at radius 1 is 1.24 bits per heavy atom. The smallest absolute Gasteiger partial charge is 0.157 e. The summed E-state index contributed by atoms with van der Waals surface area (Å²) in [5, 5.41) is 9.02. The molecule has 2 rings (SSSR count). The quantitative estimate of drug-likeness (QED) is 0.743. The van der Waals surface area contributed by atoms with Gasteiger partial charge in [0, 0.05) is 18.6 Å². The molecule has 1 aliphatic rings. The molecule has 3 heteroatoms. The van der Waals surface area contributed by atoms with Crippen molar-refractivity contribution in [2.75, 3.05) is 19.8 Å². The minimum absolute atomic E-state index is 0.0166. The molecule has 21 heavy (non-hydrogen) atoms. The SMILES string of the molecule is CC(CCCCO)(COC1CCCCO1)c1ccccc1. The van der Waals surface area contributed by atoms with Crippen LogP contribution in [0, 0.1) is 0 Å². The fraction of sp³-hybridized carbons (Fsp3) is 0.667. The first kappa shape index (κ1) is 16.5. The molecule has 0 spiro atoms. The first-order chi connectivity index (χ1) is 10.2. The van der Waals surface area contributed by atoms with E-state index in [9.17, 15) is 0 Å². The van der Waals surface area contributed by atoms with Crippen molar-refractivity contribution < 1.29 is 14.6 Å². The highest BCUT2D eigenvalue weighted by atomic mass is 16.7. The van der Waals surface area contributed by atoms with E-state index in [4.69, 9.17) is 14.6 Å². The van der Waals surface area contributed by atoms with Gasteiger partial charge in [-0.3, -0.25) is 0 Å². The van der Waals surface area contributed by atoms with Gasteiger partial charge in [-0.1, -0.05) is 43.7 Å². The van der Waals surface area contributed by atoms with Crippen LogP contribution in [0.1, 0.15) is 51.0 Å². The van der Waals surface area contributed by atoms with E-state index in [-0.39, 0.29) is 18.3 Å². The lowest BCUT2D eigenvalue weighted by Gasteiger charge is -2.33. The van der Waals surface area contributed by atoms with Gasteiger partial charge in [-0.05, 0) is 37.7 Å². The third-order valence-electron chi connectivity index (χ3n) is 4.33. The number of benzene rings is 1. The van der Waals surface area contributed by atoms with Crippen molar-refractivity contribution in [1.29, 1.82) is 0 Å². The van der Waals surface area contributed by atoms with Crippen molar-refractivity contribution in [3.05, 3.63) is 35.9 Å². The van der Waals surface area contributed by atoms with Crippen molar-refractivity contribution in [2.24, 2.45) is 0 Å². The van der Waals surface area contributed by atoms with Gasteiger partial charge in [0.25, 0.3) is 0 Å². The van der Waals surface area contributed by atoms with E-state index in [1.807, 2.05) is 6.07 Å². The monoisotopic (exact) mass is 292 g/mol. The molecule has 1 saturated heterocycles. The molecule has 1 aliphatic heterocycles. The number of hydrogen-bond donors (Lipinski definition) is 1. The maximum absolute atomic E-state index is 9.02. The molecular formula is C18H28O3. The highest BCUT2D eigenvalue weighted by Crippen LogP contribution is 2.31. The third-order valence-corrected chi connectivity index (χ3v) is 4.33. The number of rotatable bonds is 8. The van der Waals surface area contributed by atoms with Gasteiger partial charge in [-0.25, -0.2) is 0 Å². The molecule has 1 heterocycles. The molecule has 0 amide bonds. The molecular weight excluding hydrogens is 264 g/mol. The average Bonchev–Trinajstić information content (AvgIpc) is 2.55. The zero-order chi connectivity index (χ0) is 15.0. The summed E-state index contributed by atoms with van der Waals surface area (Å²) in [5.74, 6) is 0. The predicted octanol–water partition coefficient (Wildman–Crippen LogP) is 3.65. The summed E-state index contributed by atoms with van der Waals surface area (Å²) in [6.07, 6.45) is 6.17. The first-order valence-electron chi connectivity index (χ1n) is 8.14. The number of hydrogen-bond acceptors (Lipinski definition) is 3. The Hall–Kier alpha value is -0.900. The fourth-order valence-electron chi connectivity index (χ4n) is 2.89. The van der Waals surface area contributed by atoms with E-state index in [2.05, 4.69) is 31.2 Å². The average molecular weight is 292 g/mol. The molecule has 0 aromatic heterocycles. The van der Waals surface area contributed by atoms with Gasteiger partial charge in [0.15, 0.2) is 6.29 Å². The van der Waals surface area contributed by atoms with Crippen LogP contribution in [0.3, 0.4) is 0 Å². The van der Waals surface area contributed by atoms with Gasteiger partial charge >= 0.3 is 0 Å². The Bertz CT molecular complexity index is 387. The van der Waals surface area contributed by atoms with Gasteiger partial charge in [0.2, 0.25) is 0 Å². The number of aliphatic hydroxyl groups is 1. The van der Waals surface area contributed by atoms with Crippen LogP contribution < -0.4 is 0 Å². The number of unbranched alkanes of at least 4 members (excludes halogenated alkanes) is 1. The Morgan fingerprint density at radius 2 is 2.05 bits per heavy atom. The topological polar surface area (TPSA) is 38.7 Å². The molecule has 1 N–H and O–H groups in total. The highest BCUT2D eigenvalue weighted by Gasteiger charge is 2.28. The van der Waals surface area contributed by atoms with E-state index in [1.54, 1.807) is 0 Å². The van der Waals surface area contributed by atoms with Crippen LogP contribution in [-0.2, 0) is 14.9 Å². The second-order valence-corrected chi connectivity index (χ2v) is 6.21. The molecule has 0 radical (unpaired) electrons. The molecule has 1 aromatic rings. The summed E-state index contributed by atoms with van der Waals surface area (Å²) >= 11 is 0. The first-order valence-corrected chi connectivity index (χ1v) is 8.14. The van der Waals surface area contributed by atoms with E-state index < -0.39 is 0 Å². The maximum atomic E-state index is 9.02. The van der Waals surface area contributed by atoms with Crippen LogP contribution in [-0.4, -0.2) is 31.2 Å². The Morgan fingerprint density at radius 3 is 2.71 bits per heavy atom. The summed E-state index contributed by atoms with van der Waals surface area (Å²) in [5.41, 5.74) is 1.29. The molecule has 1 aromatic carbocycles. The molecule has 3 nitrogen and oxygen atoms in total. The minimum atomic E-state index is -0.0420. The summed E-state index contributed by atoms with van der Waals surface area (Å²) in [4.78, 5) is 0. The van der Waals surface area contributed by atoms with Crippen molar-refractivity contribution in [1.82, 2.24) is 0 Å². The maximum Gasteiger partial charge on any atom is 0.157 e. The molecule has 0 saturated carbocycles. The van der Waals surface area contributed by atoms with Crippen LogP contribution in [0.2, 0.25) is 0 Å². The molecule has 2 atom stereocenters. The summed E-state index contributed by atoms with van der Waals surface area (Å²) in [6, 6.07) is 10.5. The molecule has 118 valence electrons. The lowest BCUT2D eigenvalue weighted by molar-refractivity contribution is -0.171. The second kappa shape index (κ2) is 8.52. The van der Waals surface area contributed by atoms with Crippen LogP contribution in [0.5, 0.6) is 0 Å². The largest absolute Gasteiger partial charge is 0.396 e. The van der Waals surface area contributed by atoms with Crippen molar-refractivity contribution in [2.45, 2.75) is 57.2 Å². The second-order valence-electron chi connectivity index (χ2n) is 6.21. The van der Waals surface area contributed by atoms with E-state index in [0.717, 1.165) is 38.7 Å². The van der Waals surface area contributed by atoms with Crippen molar-refractivity contribution in [3.8, 4) is 0 Å². The van der Waals surface area contributed by atoms with Gasteiger partial charge in [-0.2, -0.15) is 0 Å². The zero-order valence-electron chi connectivity index (χ0n) is 13.1. The predicted molar refractivity (Wildman–Crippen MR) is 84.3 cm³/mol. The lowest BCUT2D eigenvalue weighted by Crippen LogP contribution is -2.33. The molecule has 0 aliphatic carbocycles. The molecule has 2 unspecified atom stereocenters. The van der Waals surface area contributed by atoms with Crippen molar-refractivity contribution in [3.63, 3.8) is 0 Å². The van der Waals surface area contributed by atoms with Gasteiger partial charge in [0.1, 0.15) is 0 Å². The molecule has 0 bridgehead atoms.